The standard InChI is InChI=1S/C11H15FN2/c12-11(5-6-14-8-11)10-4-2-1-3-9(10)7-13/h1-4,14H,5-8,13H2. The number of rotatable bonds is 2. The van der Waals surface area contributed by atoms with E-state index in [1.54, 1.807) is 0 Å². The first kappa shape index (κ1) is 9.62. The van der Waals surface area contributed by atoms with Gasteiger partial charge in [-0.05, 0) is 24.1 Å². The molecule has 0 bridgehead atoms. The number of halogens is 1. The van der Waals surface area contributed by atoms with Gasteiger partial charge in [-0.1, -0.05) is 24.3 Å². The van der Waals surface area contributed by atoms with Crippen molar-refractivity contribution in [3.8, 4) is 0 Å². The summed E-state index contributed by atoms with van der Waals surface area (Å²) in [5.41, 5.74) is 6.05. The summed E-state index contributed by atoms with van der Waals surface area (Å²) in [7, 11) is 0. The zero-order valence-electron chi connectivity index (χ0n) is 8.09. The molecule has 1 saturated heterocycles. The van der Waals surface area contributed by atoms with Crippen LogP contribution in [0.5, 0.6) is 0 Å². The molecule has 0 aromatic heterocycles. The Bertz CT molecular complexity index is 319. The fourth-order valence-electron chi connectivity index (χ4n) is 2.03. The molecule has 1 aliphatic heterocycles. The van der Waals surface area contributed by atoms with Crippen LogP contribution in [0.4, 0.5) is 4.39 Å². The molecule has 0 radical (unpaired) electrons. The number of hydrogen-bond acceptors (Lipinski definition) is 2. The van der Waals surface area contributed by atoms with Crippen LogP contribution >= 0.6 is 0 Å². The maximum absolute atomic E-state index is 14.4. The molecule has 0 saturated carbocycles. The first-order valence-electron chi connectivity index (χ1n) is 4.94. The molecule has 3 N–H and O–H groups in total. The Labute approximate surface area is 83.3 Å². The van der Waals surface area contributed by atoms with Crippen molar-refractivity contribution in [1.29, 1.82) is 0 Å². The molecule has 0 aliphatic carbocycles. The van der Waals surface area contributed by atoms with E-state index >= 15 is 0 Å². The van der Waals surface area contributed by atoms with Crippen LogP contribution in [-0.4, -0.2) is 13.1 Å². The van der Waals surface area contributed by atoms with Crippen molar-refractivity contribution < 1.29 is 4.39 Å². The SMILES string of the molecule is NCc1ccccc1C1(F)CCNC1. The Balaban J connectivity index is 2.39. The van der Waals surface area contributed by atoms with Gasteiger partial charge >= 0.3 is 0 Å². The Morgan fingerprint density at radius 3 is 2.86 bits per heavy atom. The molecule has 3 heteroatoms. The smallest absolute Gasteiger partial charge is 0.149 e. The minimum atomic E-state index is -1.21. The van der Waals surface area contributed by atoms with E-state index in [4.69, 9.17) is 5.73 Å². The van der Waals surface area contributed by atoms with Gasteiger partial charge in [0.05, 0.1) is 0 Å². The molecule has 1 aliphatic rings. The second-order valence-electron chi connectivity index (χ2n) is 3.75. The van der Waals surface area contributed by atoms with Crippen LogP contribution in [0.3, 0.4) is 0 Å². The van der Waals surface area contributed by atoms with Crippen molar-refractivity contribution in [3.63, 3.8) is 0 Å². The zero-order valence-corrected chi connectivity index (χ0v) is 8.09. The molecule has 1 aromatic rings. The summed E-state index contributed by atoms with van der Waals surface area (Å²) in [5.74, 6) is 0. The molecule has 2 nitrogen and oxygen atoms in total. The number of nitrogens with two attached hydrogens (primary N) is 1. The number of alkyl halides is 1. The van der Waals surface area contributed by atoms with Crippen LogP contribution in [0.15, 0.2) is 24.3 Å². The fraction of sp³-hybridized carbons (Fsp3) is 0.455. The van der Waals surface area contributed by atoms with E-state index in [1.165, 1.54) is 0 Å². The Morgan fingerprint density at radius 2 is 2.21 bits per heavy atom. The van der Waals surface area contributed by atoms with Crippen LogP contribution in [0, 0.1) is 0 Å². The fourth-order valence-corrected chi connectivity index (χ4v) is 2.03. The minimum absolute atomic E-state index is 0.405. The Morgan fingerprint density at radius 1 is 1.43 bits per heavy atom. The molecule has 76 valence electrons. The highest BCUT2D eigenvalue weighted by Gasteiger charge is 2.36. The molecule has 1 fully saturated rings. The van der Waals surface area contributed by atoms with E-state index in [-0.39, 0.29) is 0 Å². The highest BCUT2D eigenvalue weighted by molar-refractivity contribution is 5.33. The first-order valence-corrected chi connectivity index (χ1v) is 4.94. The molecule has 0 amide bonds. The minimum Gasteiger partial charge on any atom is -0.326 e. The van der Waals surface area contributed by atoms with Crippen molar-refractivity contribution in [2.75, 3.05) is 13.1 Å². The predicted octanol–water partition coefficient (Wildman–Crippen LogP) is 1.30. The highest BCUT2D eigenvalue weighted by Crippen LogP contribution is 2.34. The lowest BCUT2D eigenvalue weighted by Gasteiger charge is -2.21. The van der Waals surface area contributed by atoms with Crippen LogP contribution in [-0.2, 0) is 12.2 Å². The molecule has 14 heavy (non-hydrogen) atoms. The molecule has 1 heterocycles. The largest absolute Gasteiger partial charge is 0.326 e. The topological polar surface area (TPSA) is 38.0 Å². The average molecular weight is 194 g/mol. The summed E-state index contributed by atoms with van der Waals surface area (Å²) < 4.78 is 14.4. The summed E-state index contributed by atoms with van der Waals surface area (Å²) >= 11 is 0. The summed E-state index contributed by atoms with van der Waals surface area (Å²) in [4.78, 5) is 0. The van der Waals surface area contributed by atoms with Gasteiger partial charge in [-0.3, -0.25) is 0 Å². The van der Waals surface area contributed by atoms with Crippen molar-refractivity contribution in [1.82, 2.24) is 5.32 Å². The van der Waals surface area contributed by atoms with Crippen molar-refractivity contribution >= 4 is 0 Å². The van der Waals surface area contributed by atoms with Gasteiger partial charge in [0, 0.05) is 13.1 Å². The van der Waals surface area contributed by atoms with Crippen LogP contribution < -0.4 is 11.1 Å². The predicted molar refractivity (Wildman–Crippen MR) is 54.6 cm³/mol. The summed E-state index contributed by atoms with van der Waals surface area (Å²) in [5, 5.41) is 3.05. The summed E-state index contributed by atoms with van der Waals surface area (Å²) in [6.07, 6.45) is 0.546. The first-order chi connectivity index (χ1) is 6.76. The van der Waals surface area contributed by atoms with E-state index in [2.05, 4.69) is 5.32 Å². The van der Waals surface area contributed by atoms with Gasteiger partial charge < -0.3 is 11.1 Å². The number of nitrogens with one attached hydrogen (secondary N) is 1. The van der Waals surface area contributed by atoms with E-state index in [0.29, 0.717) is 19.5 Å². The maximum Gasteiger partial charge on any atom is 0.149 e. The van der Waals surface area contributed by atoms with Gasteiger partial charge in [0.15, 0.2) is 0 Å². The molecule has 1 aromatic carbocycles. The number of benzene rings is 1. The quantitative estimate of drug-likeness (QED) is 0.744. The molecule has 1 unspecified atom stereocenters. The van der Waals surface area contributed by atoms with E-state index in [9.17, 15) is 4.39 Å². The lowest BCUT2D eigenvalue weighted by molar-refractivity contribution is 0.192. The Kier molecular flexibility index (Phi) is 2.52. The second-order valence-corrected chi connectivity index (χ2v) is 3.75. The zero-order chi connectivity index (χ0) is 10.0. The van der Waals surface area contributed by atoms with Crippen LogP contribution in [0.2, 0.25) is 0 Å². The molecular formula is C11H15FN2. The van der Waals surface area contributed by atoms with Gasteiger partial charge in [-0.2, -0.15) is 0 Å². The van der Waals surface area contributed by atoms with Crippen molar-refractivity contribution in [3.05, 3.63) is 35.4 Å². The van der Waals surface area contributed by atoms with Gasteiger partial charge in [0.2, 0.25) is 0 Å². The highest BCUT2D eigenvalue weighted by atomic mass is 19.1. The third-order valence-electron chi connectivity index (χ3n) is 2.82. The van der Waals surface area contributed by atoms with Crippen LogP contribution in [0.25, 0.3) is 0 Å². The van der Waals surface area contributed by atoms with E-state index in [1.807, 2.05) is 24.3 Å². The van der Waals surface area contributed by atoms with E-state index < -0.39 is 5.67 Å². The Hall–Kier alpha value is -0.930. The molecule has 1 atom stereocenters. The van der Waals surface area contributed by atoms with Gasteiger partial charge in [-0.25, -0.2) is 4.39 Å². The number of hydrogen-bond donors (Lipinski definition) is 2. The summed E-state index contributed by atoms with van der Waals surface area (Å²) in [6.45, 7) is 1.56. The normalized spacial score (nSPS) is 26.7. The second kappa shape index (κ2) is 3.67. The maximum atomic E-state index is 14.4. The van der Waals surface area contributed by atoms with Crippen molar-refractivity contribution in [2.45, 2.75) is 18.6 Å². The van der Waals surface area contributed by atoms with E-state index in [0.717, 1.165) is 17.7 Å². The average Bonchev–Trinajstić information content (AvgIpc) is 2.66. The lowest BCUT2D eigenvalue weighted by atomic mass is 9.90. The third-order valence-corrected chi connectivity index (χ3v) is 2.82. The van der Waals surface area contributed by atoms with Gasteiger partial charge in [0.1, 0.15) is 5.67 Å². The van der Waals surface area contributed by atoms with Crippen molar-refractivity contribution in [2.24, 2.45) is 5.73 Å². The molecular weight excluding hydrogens is 179 g/mol. The van der Waals surface area contributed by atoms with Gasteiger partial charge in [-0.15, -0.1) is 0 Å². The monoisotopic (exact) mass is 194 g/mol. The summed E-state index contributed by atoms with van der Waals surface area (Å²) in [6, 6.07) is 7.51. The lowest BCUT2D eigenvalue weighted by Crippen LogP contribution is -2.25. The third kappa shape index (κ3) is 1.53. The van der Waals surface area contributed by atoms with Gasteiger partial charge in [0.25, 0.3) is 0 Å². The molecule has 0 spiro atoms. The van der Waals surface area contributed by atoms with Crippen LogP contribution in [0.1, 0.15) is 17.5 Å². The molecule has 2 rings (SSSR count).